The van der Waals surface area contributed by atoms with Crippen molar-refractivity contribution in [1.82, 2.24) is 19.8 Å². The van der Waals surface area contributed by atoms with Crippen LogP contribution in [0, 0.1) is 5.92 Å². The highest BCUT2D eigenvalue weighted by Crippen LogP contribution is 2.32. The first kappa shape index (κ1) is 23.9. The monoisotopic (exact) mass is 464 g/mol. The SMILES string of the molecule is C[C@H]1CN([C@@H](C)CO)C(=O)c2cc(C3=CCCC3)cnc2O[C@H]1CN(C)C(=O)c1ccncc1. The number of carbonyl (C=O) groups excluding carboxylic acids is 2. The Hall–Kier alpha value is -3.26. The number of allylic oxidation sites excluding steroid dienone is 2. The Morgan fingerprint density at radius 2 is 2.12 bits per heavy atom. The van der Waals surface area contributed by atoms with Gasteiger partial charge in [0, 0.05) is 43.7 Å². The fraction of sp³-hybridized carbons (Fsp3) is 0.462. The number of carbonyl (C=O) groups is 2. The van der Waals surface area contributed by atoms with Gasteiger partial charge in [-0.25, -0.2) is 4.98 Å². The zero-order chi connectivity index (χ0) is 24.2. The number of hydrogen-bond donors (Lipinski definition) is 1. The van der Waals surface area contributed by atoms with Gasteiger partial charge in [0.2, 0.25) is 5.88 Å². The number of pyridine rings is 2. The molecule has 1 aliphatic heterocycles. The van der Waals surface area contributed by atoms with Crippen LogP contribution in [0.2, 0.25) is 0 Å². The van der Waals surface area contributed by atoms with Gasteiger partial charge in [0.1, 0.15) is 11.7 Å². The molecule has 3 heterocycles. The van der Waals surface area contributed by atoms with Crippen molar-refractivity contribution < 1.29 is 19.4 Å². The molecule has 2 amide bonds. The lowest BCUT2D eigenvalue weighted by atomic mass is 9.99. The number of aliphatic hydroxyl groups is 1. The van der Waals surface area contributed by atoms with Crippen molar-refractivity contribution in [2.45, 2.75) is 45.3 Å². The van der Waals surface area contributed by atoms with Crippen LogP contribution in [0.5, 0.6) is 5.88 Å². The molecule has 0 spiro atoms. The summed E-state index contributed by atoms with van der Waals surface area (Å²) in [4.78, 5) is 38.3. The van der Waals surface area contributed by atoms with Crippen LogP contribution in [0.1, 0.15) is 59.4 Å². The number of ether oxygens (including phenoxy) is 1. The number of nitrogens with zero attached hydrogens (tertiary/aromatic N) is 4. The molecule has 1 N–H and O–H groups in total. The Morgan fingerprint density at radius 3 is 2.79 bits per heavy atom. The number of aromatic nitrogens is 2. The number of hydrogen-bond acceptors (Lipinski definition) is 6. The number of amides is 2. The summed E-state index contributed by atoms with van der Waals surface area (Å²) in [5.41, 5.74) is 3.07. The summed E-state index contributed by atoms with van der Waals surface area (Å²) in [6.07, 6.45) is 9.84. The van der Waals surface area contributed by atoms with Crippen molar-refractivity contribution in [2.75, 3.05) is 26.7 Å². The second kappa shape index (κ2) is 10.3. The second-order valence-electron chi connectivity index (χ2n) is 9.24. The summed E-state index contributed by atoms with van der Waals surface area (Å²) in [6, 6.07) is 4.87. The molecule has 2 aromatic heterocycles. The number of rotatable bonds is 6. The van der Waals surface area contributed by atoms with Crippen molar-refractivity contribution in [2.24, 2.45) is 5.92 Å². The lowest BCUT2D eigenvalue weighted by molar-refractivity contribution is 0.0313. The van der Waals surface area contributed by atoms with Gasteiger partial charge < -0.3 is 19.6 Å². The minimum absolute atomic E-state index is 0.0993. The number of likely N-dealkylation sites (N-methyl/N-ethyl adjacent to an activating group) is 1. The zero-order valence-electron chi connectivity index (χ0n) is 20.0. The Bertz CT molecular complexity index is 1070. The lowest BCUT2D eigenvalue weighted by Gasteiger charge is -2.37. The first-order valence-corrected chi connectivity index (χ1v) is 11.8. The van der Waals surface area contributed by atoms with Gasteiger partial charge in [-0.3, -0.25) is 14.6 Å². The molecule has 0 unspecified atom stereocenters. The van der Waals surface area contributed by atoms with Crippen LogP contribution >= 0.6 is 0 Å². The van der Waals surface area contributed by atoms with E-state index in [1.54, 1.807) is 47.6 Å². The van der Waals surface area contributed by atoms with E-state index < -0.39 is 0 Å². The van der Waals surface area contributed by atoms with E-state index in [1.165, 1.54) is 5.57 Å². The van der Waals surface area contributed by atoms with Crippen molar-refractivity contribution in [3.05, 3.63) is 59.6 Å². The third kappa shape index (κ3) is 4.97. The van der Waals surface area contributed by atoms with Crippen LogP contribution in [0.15, 0.2) is 42.9 Å². The molecule has 0 radical (unpaired) electrons. The van der Waals surface area contributed by atoms with Gasteiger partial charge in [0.15, 0.2) is 0 Å². The molecule has 0 saturated heterocycles. The first-order chi connectivity index (χ1) is 16.4. The molecular weight excluding hydrogens is 432 g/mol. The molecular formula is C26H32N4O4. The van der Waals surface area contributed by atoms with Crippen molar-refractivity contribution in [1.29, 1.82) is 0 Å². The summed E-state index contributed by atoms with van der Waals surface area (Å²) in [6.45, 7) is 4.40. The molecule has 0 bridgehead atoms. The second-order valence-corrected chi connectivity index (χ2v) is 9.24. The van der Waals surface area contributed by atoms with E-state index in [-0.39, 0.29) is 42.4 Å². The standard InChI is InChI=1S/C26H32N4O4/c1-17-14-30(18(2)16-31)26(33)22-12-21(19-6-4-5-7-19)13-28-24(22)34-23(17)15-29(3)25(32)20-8-10-27-11-9-20/h6,8-13,17-18,23,31H,4-5,7,14-16H2,1-3H3/t17-,18-,23-/m0/s1. The minimum atomic E-state index is -0.389. The molecule has 2 aliphatic rings. The first-order valence-electron chi connectivity index (χ1n) is 11.8. The molecule has 34 heavy (non-hydrogen) atoms. The van der Waals surface area contributed by atoms with Gasteiger partial charge in [-0.1, -0.05) is 13.0 Å². The molecule has 2 aromatic rings. The largest absolute Gasteiger partial charge is 0.472 e. The quantitative estimate of drug-likeness (QED) is 0.706. The Morgan fingerprint density at radius 1 is 1.35 bits per heavy atom. The number of aliphatic hydroxyl groups excluding tert-OH is 1. The molecule has 4 rings (SSSR count). The molecule has 0 saturated carbocycles. The van der Waals surface area contributed by atoms with Crippen LogP contribution in [-0.2, 0) is 0 Å². The van der Waals surface area contributed by atoms with E-state index in [1.807, 2.05) is 19.9 Å². The van der Waals surface area contributed by atoms with Crippen LogP contribution < -0.4 is 4.74 Å². The molecule has 3 atom stereocenters. The van der Waals surface area contributed by atoms with E-state index in [9.17, 15) is 14.7 Å². The molecule has 8 nitrogen and oxygen atoms in total. The van der Waals surface area contributed by atoms with Crippen molar-refractivity contribution in [3.63, 3.8) is 0 Å². The predicted molar refractivity (Wildman–Crippen MR) is 128 cm³/mol. The number of fused-ring (bicyclic) bond motifs is 1. The van der Waals surface area contributed by atoms with E-state index in [4.69, 9.17) is 4.74 Å². The van der Waals surface area contributed by atoms with Crippen LogP contribution in [0.3, 0.4) is 0 Å². The third-order valence-electron chi connectivity index (χ3n) is 6.66. The molecule has 0 aromatic carbocycles. The maximum absolute atomic E-state index is 13.5. The molecule has 0 fully saturated rings. The van der Waals surface area contributed by atoms with Crippen LogP contribution in [0.25, 0.3) is 5.57 Å². The normalized spacial score (nSPS) is 21.1. The Balaban J connectivity index is 1.65. The van der Waals surface area contributed by atoms with Crippen molar-refractivity contribution >= 4 is 17.4 Å². The highest BCUT2D eigenvalue weighted by atomic mass is 16.5. The summed E-state index contributed by atoms with van der Waals surface area (Å²) in [7, 11) is 1.74. The van der Waals surface area contributed by atoms with E-state index in [0.717, 1.165) is 24.8 Å². The molecule has 8 heteroatoms. The lowest BCUT2D eigenvalue weighted by Crippen LogP contribution is -2.50. The maximum atomic E-state index is 13.5. The van der Waals surface area contributed by atoms with Gasteiger partial charge in [0.25, 0.3) is 11.8 Å². The molecule has 180 valence electrons. The van der Waals surface area contributed by atoms with Crippen LogP contribution in [0.4, 0.5) is 0 Å². The fourth-order valence-electron chi connectivity index (χ4n) is 4.50. The highest BCUT2D eigenvalue weighted by molar-refractivity contribution is 5.97. The summed E-state index contributed by atoms with van der Waals surface area (Å²) >= 11 is 0. The van der Waals surface area contributed by atoms with Gasteiger partial charge in [-0.2, -0.15) is 0 Å². The Labute approximate surface area is 200 Å². The van der Waals surface area contributed by atoms with Crippen molar-refractivity contribution in [3.8, 4) is 5.88 Å². The third-order valence-corrected chi connectivity index (χ3v) is 6.66. The maximum Gasteiger partial charge on any atom is 0.259 e. The van der Waals surface area contributed by atoms with Gasteiger partial charge in [0.05, 0.1) is 19.2 Å². The average Bonchev–Trinajstić information content (AvgIpc) is 3.40. The van der Waals surface area contributed by atoms with E-state index in [0.29, 0.717) is 24.2 Å². The molecule has 1 aliphatic carbocycles. The van der Waals surface area contributed by atoms with E-state index in [2.05, 4.69) is 16.0 Å². The average molecular weight is 465 g/mol. The van der Waals surface area contributed by atoms with Gasteiger partial charge >= 0.3 is 0 Å². The zero-order valence-corrected chi connectivity index (χ0v) is 20.0. The Kier molecular flexibility index (Phi) is 7.26. The van der Waals surface area contributed by atoms with Crippen LogP contribution in [-0.4, -0.2) is 75.6 Å². The van der Waals surface area contributed by atoms with E-state index >= 15 is 0 Å². The predicted octanol–water partition coefficient (Wildman–Crippen LogP) is 3.04. The summed E-state index contributed by atoms with van der Waals surface area (Å²) < 4.78 is 6.31. The highest BCUT2D eigenvalue weighted by Gasteiger charge is 2.35. The summed E-state index contributed by atoms with van der Waals surface area (Å²) in [5, 5.41) is 9.83. The van der Waals surface area contributed by atoms with Gasteiger partial charge in [-0.05, 0) is 55.5 Å². The topological polar surface area (TPSA) is 95.9 Å². The smallest absolute Gasteiger partial charge is 0.259 e. The summed E-state index contributed by atoms with van der Waals surface area (Å²) in [5.74, 6) is -0.161. The minimum Gasteiger partial charge on any atom is -0.472 e. The van der Waals surface area contributed by atoms with Gasteiger partial charge in [-0.15, -0.1) is 0 Å². The fourth-order valence-corrected chi connectivity index (χ4v) is 4.50.